The van der Waals surface area contributed by atoms with Gasteiger partial charge in [-0.25, -0.2) is 0 Å². The Kier molecular flexibility index (Phi) is 48.0. The SMILES string of the molecule is CC/C=C\C/C=C\C/C=C\C/C=C\C/C=C\C/C=C\C/C=C\C/C=C\C/C=C\CCCCCCCC(=O)OC(CO)COC(=O)CCCCCCCCCCCCCCCC. The lowest BCUT2D eigenvalue weighted by Gasteiger charge is -2.15. The van der Waals surface area contributed by atoms with Gasteiger partial charge < -0.3 is 14.6 Å². The fourth-order valence-corrected chi connectivity index (χ4v) is 6.61. The maximum Gasteiger partial charge on any atom is 0.306 e. The van der Waals surface area contributed by atoms with E-state index >= 15 is 0 Å². The van der Waals surface area contributed by atoms with Gasteiger partial charge in [0, 0.05) is 12.8 Å². The Hall–Kier alpha value is -3.44. The van der Waals surface area contributed by atoms with Gasteiger partial charge in [-0.1, -0.05) is 226 Å². The molecule has 0 bridgehead atoms. The normalized spacial score (nSPS) is 13.2. The molecule has 1 N–H and O–H groups in total. The molecule has 0 aromatic carbocycles. The largest absolute Gasteiger partial charge is 0.462 e. The number of unbranched alkanes of at least 4 members (excludes halogenated alkanes) is 18. The van der Waals surface area contributed by atoms with Crippen LogP contribution in [0.3, 0.4) is 0 Å². The number of carbonyl (C=O) groups excluding carboxylic acids is 2. The molecule has 1 unspecified atom stereocenters. The van der Waals surface area contributed by atoms with Crippen LogP contribution in [0.25, 0.3) is 0 Å². The minimum atomic E-state index is -0.787. The van der Waals surface area contributed by atoms with Crippen LogP contribution in [0.1, 0.15) is 213 Å². The molecule has 0 saturated carbocycles. The van der Waals surface area contributed by atoms with E-state index in [0.29, 0.717) is 12.8 Å². The van der Waals surface area contributed by atoms with Crippen molar-refractivity contribution < 1.29 is 24.2 Å². The van der Waals surface area contributed by atoms with Crippen molar-refractivity contribution in [3.05, 3.63) is 109 Å². The van der Waals surface area contributed by atoms with E-state index in [2.05, 4.69) is 123 Å². The number of allylic oxidation sites excluding steroid dienone is 18. The second-order valence-electron chi connectivity index (χ2n) is 16.2. The molecule has 0 heterocycles. The Labute approximate surface area is 376 Å². The fraction of sp³-hybridized carbons (Fsp3) is 0.643. The quantitative estimate of drug-likeness (QED) is 0.0376. The monoisotopic (exact) mass is 845 g/mol. The van der Waals surface area contributed by atoms with Crippen molar-refractivity contribution in [2.75, 3.05) is 13.2 Å². The molecule has 0 aliphatic carbocycles. The van der Waals surface area contributed by atoms with Crippen LogP contribution >= 0.6 is 0 Å². The summed E-state index contributed by atoms with van der Waals surface area (Å²) in [7, 11) is 0. The first kappa shape index (κ1) is 57.6. The van der Waals surface area contributed by atoms with Gasteiger partial charge in [-0.05, 0) is 83.5 Å². The molecule has 0 aromatic heterocycles. The number of hydrogen-bond donors (Lipinski definition) is 1. The highest BCUT2D eigenvalue weighted by Gasteiger charge is 2.16. The molecule has 0 aliphatic rings. The molecule has 0 saturated heterocycles. The zero-order chi connectivity index (χ0) is 44.2. The van der Waals surface area contributed by atoms with E-state index in [9.17, 15) is 14.7 Å². The second kappa shape index (κ2) is 50.9. The minimum Gasteiger partial charge on any atom is -0.462 e. The molecule has 5 heteroatoms. The third-order valence-electron chi connectivity index (χ3n) is 10.3. The molecule has 5 nitrogen and oxygen atoms in total. The summed E-state index contributed by atoms with van der Waals surface area (Å²) < 4.78 is 10.6. The molecule has 0 amide bonds. The van der Waals surface area contributed by atoms with Crippen molar-refractivity contribution in [1.29, 1.82) is 0 Å². The van der Waals surface area contributed by atoms with Crippen molar-refractivity contribution in [1.82, 2.24) is 0 Å². The number of rotatable bonds is 44. The zero-order valence-corrected chi connectivity index (χ0v) is 39.4. The zero-order valence-electron chi connectivity index (χ0n) is 39.4. The van der Waals surface area contributed by atoms with E-state index in [1.54, 1.807) is 0 Å². The molecule has 0 rings (SSSR count). The molecule has 0 radical (unpaired) electrons. The third-order valence-corrected chi connectivity index (χ3v) is 10.3. The maximum absolute atomic E-state index is 12.2. The number of carbonyl (C=O) groups is 2. The fourth-order valence-electron chi connectivity index (χ4n) is 6.61. The van der Waals surface area contributed by atoms with Crippen molar-refractivity contribution in [3.63, 3.8) is 0 Å². The molecule has 0 fully saturated rings. The van der Waals surface area contributed by atoms with Crippen LogP contribution in [0.5, 0.6) is 0 Å². The average molecular weight is 845 g/mol. The molecule has 0 spiro atoms. The van der Waals surface area contributed by atoms with Crippen LogP contribution in [0, 0.1) is 0 Å². The lowest BCUT2D eigenvalue weighted by molar-refractivity contribution is -0.161. The second-order valence-corrected chi connectivity index (χ2v) is 16.2. The van der Waals surface area contributed by atoms with Crippen molar-refractivity contribution in [3.8, 4) is 0 Å². The van der Waals surface area contributed by atoms with Gasteiger partial charge in [-0.15, -0.1) is 0 Å². The van der Waals surface area contributed by atoms with Crippen LogP contribution in [-0.2, 0) is 19.1 Å². The molecule has 346 valence electrons. The van der Waals surface area contributed by atoms with Gasteiger partial charge in [0.2, 0.25) is 0 Å². The van der Waals surface area contributed by atoms with Crippen LogP contribution in [0.15, 0.2) is 109 Å². The van der Waals surface area contributed by atoms with Crippen LogP contribution in [0.2, 0.25) is 0 Å². The topological polar surface area (TPSA) is 72.8 Å². The molecule has 0 aliphatic heterocycles. The molecule has 61 heavy (non-hydrogen) atoms. The van der Waals surface area contributed by atoms with E-state index < -0.39 is 6.10 Å². The molecular weight excluding hydrogens is 753 g/mol. The highest BCUT2D eigenvalue weighted by Crippen LogP contribution is 2.14. The summed E-state index contributed by atoms with van der Waals surface area (Å²) in [4.78, 5) is 24.4. The van der Waals surface area contributed by atoms with Gasteiger partial charge in [0.05, 0.1) is 6.61 Å². The van der Waals surface area contributed by atoms with Crippen LogP contribution in [0.4, 0.5) is 0 Å². The van der Waals surface area contributed by atoms with Gasteiger partial charge in [0.25, 0.3) is 0 Å². The number of hydrogen-bond acceptors (Lipinski definition) is 5. The Bertz CT molecular complexity index is 1230. The molecule has 0 aromatic rings. The van der Waals surface area contributed by atoms with Gasteiger partial charge >= 0.3 is 11.9 Å². The van der Waals surface area contributed by atoms with E-state index in [1.165, 1.54) is 70.6 Å². The highest BCUT2D eigenvalue weighted by molar-refractivity contribution is 5.70. The summed E-state index contributed by atoms with van der Waals surface area (Å²) in [5.41, 5.74) is 0. The Morgan fingerprint density at radius 3 is 1.07 bits per heavy atom. The van der Waals surface area contributed by atoms with E-state index in [4.69, 9.17) is 9.47 Å². The number of aliphatic hydroxyl groups excluding tert-OH is 1. The van der Waals surface area contributed by atoms with Crippen LogP contribution in [-0.4, -0.2) is 36.4 Å². The first-order valence-corrected chi connectivity index (χ1v) is 24.9. The Morgan fingerprint density at radius 2 is 0.705 bits per heavy atom. The average Bonchev–Trinajstić information content (AvgIpc) is 3.26. The summed E-state index contributed by atoms with van der Waals surface area (Å²) in [6.07, 6.45) is 73.2. The van der Waals surface area contributed by atoms with Crippen molar-refractivity contribution in [2.24, 2.45) is 0 Å². The summed E-state index contributed by atoms with van der Waals surface area (Å²) in [5, 5.41) is 9.60. The minimum absolute atomic E-state index is 0.0776. The van der Waals surface area contributed by atoms with E-state index in [1.807, 2.05) is 0 Å². The van der Waals surface area contributed by atoms with E-state index in [-0.39, 0.29) is 25.2 Å². The first-order chi connectivity index (χ1) is 30.1. The highest BCUT2D eigenvalue weighted by atomic mass is 16.6. The van der Waals surface area contributed by atoms with Gasteiger partial charge in [-0.2, -0.15) is 0 Å². The smallest absolute Gasteiger partial charge is 0.306 e. The third kappa shape index (κ3) is 49.1. The van der Waals surface area contributed by atoms with Gasteiger partial charge in [0.15, 0.2) is 6.10 Å². The molecule has 1 atom stereocenters. The first-order valence-electron chi connectivity index (χ1n) is 24.9. The number of ether oxygens (including phenoxy) is 2. The van der Waals surface area contributed by atoms with Crippen molar-refractivity contribution in [2.45, 2.75) is 219 Å². The number of esters is 2. The molecular formula is C56H92O5. The standard InChI is InChI=1S/C56H92O5/c1-3-5-7-9-11-13-15-17-19-20-21-22-23-24-25-26-27-28-29-30-31-32-33-34-35-36-37-39-41-43-45-47-49-51-56(59)61-54(52-57)53-60-55(58)50-48-46-44-42-40-38-18-16-14-12-10-8-6-4-2/h5,7,11,13,17,19,21-22,24-25,27-28,30-31,33-34,36-37,54,57H,3-4,6,8-10,12,14-16,18,20,23,26,29,32,35,38-53H2,1-2H3/b7-5-,13-11-,19-17-,22-21-,25-24-,28-27-,31-30-,34-33-,37-36-. The predicted octanol–water partition coefficient (Wildman–Crippen LogP) is 16.6. The lowest BCUT2D eigenvalue weighted by Crippen LogP contribution is -2.28. The van der Waals surface area contributed by atoms with Gasteiger partial charge in [0.1, 0.15) is 6.61 Å². The van der Waals surface area contributed by atoms with Crippen molar-refractivity contribution >= 4 is 11.9 Å². The summed E-state index contributed by atoms with van der Waals surface area (Å²) >= 11 is 0. The van der Waals surface area contributed by atoms with E-state index in [0.717, 1.165) is 116 Å². The maximum atomic E-state index is 12.2. The van der Waals surface area contributed by atoms with Crippen LogP contribution < -0.4 is 0 Å². The summed E-state index contributed by atoms with van der Waals surface area (Å²) in [6, 6.07) is 0. The Balaban J connectivity index is 3.64. The Morgan fingerprint density at radius 1 is 0.393 bits per heavy atom. The van der Waals surface area contributed by atoms with Gasteiger partial charge in [-0.3, -0.25) is 9.59 Å². The predicted molar refractivity (Wildman–Crippen MR) is 265 cm³/mol. The summed E-state index contributed by atoms with van der Waals surface area (Å²) in [5.74, 6) is -0.616. The number of aliphatic hydroxyl groups is 1. The lowest BCUT2D eigenvalue weighted by atomic mass is 10.0. The summed E-state index contributed by atoms with van der Waals surface area (Å²) in [6.45, 7) is 4.01.